The highest BCUT2D eigenvalue weighted by Gasteiger charge is 2.37. The van der Waals surface area contributed by atoms with Crippen LogP contribution in [-0.2, 0) is 6.42 Å². The van der Waals surface area contributed by atoms with Gasteiger partial charge in [0.1, 0.15) is 0 Å². The molecule has 1 saturated carbocycles. The highest BCUT2D eigenvalue weighted by Crippen LogP contribution is 2.48. The van der Waals surface area contributed by atoms with E-state index in [9.17, 15) is 0 Å². The van der Waals surface area contributed by atoms with Crippen LogP contribution in [0.1, 0.15) is 51.7 Å². The maximum atomic E-state index is 2.39. The van der Waals surface area contributed by atoms with E-state index in [1.807, 2.05) is 13.8 Å². The average molecular weight is 216 g/mol. The van der Waals surface area contributed by atoms with Gasteiger partial charge in [-0.3, -0.25) is 0 Å². The lowest BCUT2D eigenvalue weighted by Gasteiger charge is -2.10. The molecule has 0 N–H and O–H groups in total. The molecule has 0 nitrogen and oxygen atoms in total. The summed E-state index contributed by atoms with van der Waals surface area (Å²) in [5.41, 5.74) is 3.51. The van der Waals surface area contributed by atoms with Crippen LogP contribution in [0.3, 0.4) is 0 Å². The van der Waals surface area contributed by atoms with E-state index in [4.69, 9.17) is 0 Å². The molecule has 1 aromatic rings. The summed E-state index contributed by atoms with van der Waals surface area (Å²) in [6.07, 6.45) is 8.37. The standard InChI is InChI=1S/C14H18.C2H6/c1-3-6-12-7-4-5-8-13(12)11-14(2)9-10-14;1-2/h3-8H,9-11H2,1-2H3;1-2H3/b6-3-;. The second-order valence-corrected chi connectivity index (χ2v) is 4.69. The molecule has 2 rings (SSSR count). The molecule has 1 aromatic carbocycles. The predicted molar refractivity (Wildman–Crippen MR) is 73.5 cm³/mol. The maximum Gasteiger partial charge on any atom is -0.0219 e. The largest absolute Gasteiger partial charge is 0.0871 e. The number of benzene rings is 1. The fraction of sp³-hybridized carbons (Fsp3) is 0.500. The molecule has 0 saturated heterocycles. The molecule has 16 heavy (non-hydrogen) atoms. The van der Waals surface area contributed by atoms with Crippen LogP contribution in [0.4, 0.5) is 0 Å². The van der Waals surface area contributed by atoms with Crippen LogP contribution in [0.2, 0.25) is 0 Å². The fourth-order valence-electron chi connectivity index (χ4n) is 1.89. The Labute approximate surface area is 100 Å². The zero-order chi connectivity index (χ0) is 12.0. The first-order valence-electron chi connectivity index (χ1n) is 6.44. The van der Waals surface area contributed by atoms with E-state index in [0.29, 0.717) is 5.41 Å². The van der Waals surface area contributed by atoms with E-state index in [1.165, 1.54) is 30.4 Å². The van der Waals surface area contributed by atoms with Gasteiger partial charge in [0.2, 0.25) is 0 Å². The summed E-state index contributed by atoms with van der Waals surface area (Å²) in [6.45, 7) is 8.47. The molecular formula is C16H24. The van der Waals surface area contributed by atoms with Gasteiger partial charge < -0.3 is 0 Å². The van der Waals surface area contributed by atoms with Gasteiger partial charge in [-0.15, -0.1) is 0 Å². The number of hydrogen-bond donors (Lipinski definition) is 0. The van der Waals surface area contributed by atoms with Gasteiger partial charge in [-0.2, -0.15) is 0 Å². The van der Waals surface area contributed by atoms with Crippen molar-refractivity contribution in [2.24, 2.45) is 5.41 Å². The zero-order valence-electron chi connectivity index (χ0n) is 11.1. The third kappa shape index (κ3) is 3.52. The normalized spacial score (nSPS) is 16.8. The lowest BCUT2D eigenvalue weighted by molar-refractivity contribution is 0.570. The molecule has 1 aliphatic rings. The van der Waals surface area contributed by atoms with Crippen molar-refractivity contribution in [1.29, 1.82) is 0 Å². The quantitative estimate of drug-likeness (QED) is 0.660. The van der Waals surface area contributed by atoms with Crippen molar-refractivity contribution in [2.75, 3.05) is 0 Å². The second-order valence-electron chi connectivity index (χ2n) is 4.69. The Bertz CT molecular complexity index is 343. The van der Waals surface area contributed by atoms with Crippen LogP contribution < -0.4 is 0 Å². The van der Waals surface area contributed by atoms with Crippen LogP contribution in [0, 0.1) is 5.41 Å². The molecule has 0 spiro atoms. The van der Waals surface area contributed by atoms with Crippen molar-refractivity contribution >= 4 is 6.08 Å². The monoisotopic (exact) mass is 216 g/mol. The van der Waals surface area contributed by atoms with Crippen LogP contribution >= 0.6 is 0 Å². The summed E-state index contributed by atoms with van der Waals surface area (Å²) in [7, 11) is 0. The van der Waals surface area contributed by atoms with Crippen molar-refractivity contribution in [3.63, 3.8) is 0 Å². The van der Waals surface area contributed by atoms with Crippen LogP contribution in [0.15, 0.2) is 30.3 Å². The van der Waals surface area contributed by atoms with E-state index < -0.39 is 0 Å². The maximum absolute atomic E-state index is 2.39. The molecule has 1 aliphatic carbocycles. The Kier molecular flexibility index (Phi) is 4.79. The topological polar surface area (TPSA) is 0 Å². The molecule has 0 bridgehead atoms. The minimum atomic E-state index is 0.609. The SMILES string of the molecule is C/C=C\c1ccccc1CC1(C)CC1.CC. The van der Waals surface area contributed by atoms with Crippen LogP contribution in [-0.4, -0.2) is 0 Å². The van der Waals surface area contributed by atoms with Gasteiger partial charge in [-0.05, 0) is 42.7 Å². The Morgan fingerprint density at radius 2 is 1.81 bits per heavy atom. The van der Waals surface area contributed by atoms with E-state index >= 15 is 0 Å². The molecule has 0 aliphatic heterocycles. The minimum Gasteiger partial charge on any atom is -0.0871 e. The summed E-state index contributed by atoms with van der Waals surface area (Å²) in [5, 5.41) is 0. The van der Waals surface area contributed by atoms with Gasteiger partial charge in [-0.25, -0.2) is 0 Å². The Balaban J connectivity index is 0.000000606. The number of allylic oxidation sites excluding steroid dienone is 1. The van der Waals surface area contributed by atoms with Gasteiger partial charge in [0, 0.05) is 0 Å². The molecular weight excluding hydrogens is 192 g/mol. The van der Waals surface area contributed by atoms with Crippen LogP contribution in [0.25, 0.3) is 6.08 Å². The molecule has 88 valence electrons. The smallest absolute Gasteiger partial charge is 0.0219 e. The summed E-state index contributed by atoms with van der Waals surface area (Å²) in [5.74, 6) is 0. The Hall–Kier alpha value is -1.04. The molecule has 0 amide bonds. The van der Waals surface area contributed by atoms with Gasteiger partial charge in [0.25, 0.3) is 0 Å². The average Bonchev–Trinajstić information content (AvgIpc) is 3.02. The van der Waals surface area contributed by atoms with E-state index in [0.717, 1.165) is 0 Å². The fourth-order valence-corrected chi connectivity index (χ4v) is 1.89. The van der Waals surface area contributed by atoms with Crippen molar-refractivity contribution < 1.29 is 0 Å². The van der Waals surface area contributed by atoms with E-state index in [2.05, 4.69) is 50.3 Å². The third-order valence-corrected chi connectivity index (χ3v) is 3.12. The van der Waals surface area contributed by atoms with Gasteiger partial charge in [0.15, 0.2) is 0 Å². The van der Waals surface area contributed by atoms with Gasteiger partial charge in [0.05, 0.1) is 0 Å². The lowest BCUT2D eigenvalue weighted by Crippen LogP contribution is -2.00. The summed E-state index contributed by atoms with van der Waals surface area (Å²) < 4.78 is 0. The van der Waals surface area contributed by atoms with Crippen molar-refractivity contribution in [3.05, 3.63) is 41.5 Å². The second kappa shape index (κ2) is 5.89. The van der Waals surface area contributed by atoms with Gasteiger partial charge in [-0.1, -0.05) is 57.2 Å². The summed E-state index contributed by atoms with van der Waals surface area (Å²) >= 11 is 0. The molecule has 0 atom stereocenters. The lowest BCUT2D eigenvalue weighted by atomic mass is 9.95. The number of hydrogen-bond acceptors (Lipinski definition) is 0. The van der Waals surface area contributed by atoms with E-state index in [1.54, 1.807) is 0 Å². The molecule has 0 heteroatoms. The first kappa shape index (κ1) is 13.0. The number of rotatable bonds is 3. The van der Waals surface area contributed by atoms with Crippen molar-refractivity contribution in [3.8, 4) is 0 Å². The Morgan fingerprint density at radius 1 is 1.19 bits per heavy atom. The van der Waals surface area contributed by atoms with Gasteiger partial charge >= 0.3 is 0 Å². The first-order valence-corrected chi connectivity index (χ1v) is 6.44. The predicted octanol–water partition coefficient (Wildman–Crippen LogP) is 5.09. The van der Waals surface area contributed by atoms with E-state index in [-0.39, 0.29) is 0 Å². The zero-order valence-corrected chi connectivity index (χ0v) is 11.1. The minimum absolute atomic E-state index is 0.609. The van der Waals surface area contributed by atoms with Crippen molar-refractivity contribution in [2.45, 2.75) is 47.0 Å². The Morgan fingerprint density at radius 3 is 2.38 bits per heavy atom. The molecule has 0 heterocycles. The summed E-state index contributed by atoms with van der Waals surface area (Å²) in [6, 6.07) is 8.74. The third-order valence-electron chi connectivity index (χ3n) is 3.12. The highest BCUT2D eigenvalue weighted by molar-refractivity contribution is 5.53. The molecule has 0 unspecified atom stereocenters. The first-order chi connectivity index (χ1) is 7.73. The summed E-state index contributed by atoms with van der Waals surface area (Å²) in [4.78, 5) is 0. The van der Waals surface area contributed by atoms with Crippen LogP contribution in [0.5, 0.6) is 0 Å². The van der Waals surface area contributed by atoms with Crippen molar-refractivity contribution in [1.82, 2.24) is 0 Å². The molecule has 1 fully saturated rings. The highest BCUT2D eigenvalue weighted by atomic mass is 14.4. The molecule has 0 radical (unpaired) electrons. The molecule has 0 aromatic heterocycles.